The molecule has 0 aliphatic carbocycles. The van der Waals surface area contributed by atoms with Gasteiger partial charge in [-0.1, -0.05) is 0 Å². The maximum absolute atomic E-state index is 12.1. The SMILES string of the molecule is Cc1ccsc1S(=O)(=O)NCC1(C)CCC(=O)N1. The first-order valence-corrected chi connectivity index (χ1v) is 8.03. The minimum absolute atomic E-state index is 0.0241. The van der Waals surface area contributed by atoms with E-state index < -0.39 is 15.6 Å². The van der Waals surface area contributed by atoms with Crippen molar-refractivity contribution in [2.45, 2.75) is 36.4 Å². The zero-order valence-electron chi connectivity index (χ0n) is 10.3. The van der Waals surface area contributed by atoms with E-state index in [1.54, 1.807) is 18.4 Å². The molecule has 0 aromatic carbocycles. The number of thiophene rings is 1. The van der Waals surface area contributed by atoms with E-state index >= 15 is 0 Å². The van der Waals surface area contributed by atoms with E-state index in [0.29, 0.717) is 17.1 Å². The van der Waals surface area contributed by atoms with Crippen molar-refractivity contribution in [3.05, 3.63) is 17.0 Å². The molecule has 1 aromatic heterocycles. The Morgan fingerprint density at radius 1 is 1.56 bits per heavy atom. The molecule has 1 aliphatic heterocycles. The van der Waals surface area contributed by atoms with Gasteiger partial charge in [-0.15, -0.1) is 11.3 Å². The summed E-state index contributed by atoms with van der Waals surface area (Å²) < 4.78 is 27.1. The molecule has 7 heteroatoms. The van der Waals surface area contributed by atoms with Crippen molar-refractivity contribution >= 4 is 27.3 Å². The van der Waals surface area contributed by atoms with Gasteiger partial charge in [0.1, 0.15) is 4.21 Å². The fourth-order valence-electron chi connectivity index (χ4n) is 1.94. The Morgan fingerprint density at radius 3 is 2.78 bits per heavy atom. The Labute approximate surface area is 111 Å². The minimum Gasteiger partial charge on any atom is -0.350 e. The molecule has 2 N–H and O–H groups in total. The topological polar surface area (TPSA) is 75.3 Å². The van der Waals surface area contributed by atoms with Gasteiger partial charge in [0.05, 0.1) is 5.54 Å². The van der Waals surface area contributed by atoms with Crippen LogP contribution in [0.4, 0.5) is 0 Å². The molecule has 1 atom stereocenters. The van der Waals surface area contributed by atoms with E-state index in [1.807, 2.05) is 6.92 Å². The zero-order valence-corrected chi connectivity index (χ0v) is 12.0. The average Bonchev–Trinajstić information content (AvgIpc) is 2.84. The summed E-state index contributed by atoms with van der Waals surface area (Å²) in [4.78, 5) is 11.2. The van der Waals surface area contributed by atoms with Crippen molar-refractivity contribution in [2.24, 2.45) is 0 Å². The number of carbonyl (C=O) groups is 1. The van der Waals surface area contributed by atoms with Crippen molar-refractivity contribution in [1.82, 2.24) is 10.0 Å². The van der Waals surface area contributed by atoms with E-state index in [9.17, 15) is 13.2 Å². The smallest absolute Gasteiger partial charge is 0.250 e. The highest BCUT2D eigenvalue weighted by atomic mass is 32.2. The van der Waals surface area contributed by atoms with Gasteiger partial charge in [-0.05, 0) is 37.3 Å². The molecule has 0 saturated carbocycles. The van der Waals surface area contributed by atoms with Crippen LogP contribution in [0.5, 0.6) is 0 Å². The highest BCUT2D eigenvalue weighted by molar-refractivity contribution is 7.91. The monoisotopic (exact) mass is 288 g/mol. The molecule has 1 saturated heterocycles. The summed E-state index contributed by atoms with van der Waals surface area (Å²) in [6.45, 7) is 3.84. The largest absolute Gasteiger partial charge is 0.350 e. The normalized spacial score (nSPS) is 24.2. The molecule has 1 amide bonds. The lowest BCUT2D eigenvalue weighted by Crippen LogP contribution is -2.48. The maximum atomic E-state index is 12.1. The molecule has 0 bridgehead atoms. The van der Waals surface area contributed by atoms with E-state index in [-0.39, 0.29) is 12.5 Å². The van der Waals surface area contributed by atoms with Crippen molar-refractivity contribution in [1.29, 1.82) is 0 Å². The summed E-state index contributed by atoms with van der Waals surface area (Å²) in [5.74, 6) is -0.0241. The number of sulfonamides is 1. The summed E-state index contributed by atoms with van der Waals surface area (Å²) in [5.41, 5.74) is 0.267. The molecule has 1 aromatic rings. The lowest BCUT2D eigenvalue weighted by Gasteiger charge is -2.23. The molecule has 1 unspecified atom stereocenters. The van der Waals surface area contributed by atoms with Gasteiger partial charge >= 0.3 is 0 Å². The first kappa shape index (κ1) is 13.5. The first-order valence-electron chi connectivity index (χ1n) is 5.67. The Balaban J connectivity index is 2.07. The molecule has 5 nitrogen and oxygen atoms in total. The van der Waals surface area contributed by atoms with Crippen LogP contribution in [0.1, 0.15) is 25.3 Å². The van der Waals surface area contributed by atoms with E-state index in [4.69, 9.17) is 0 Å². The predicted octanol–water partition coefficient (Wildman–Crippen LogP) is 1.00. The molecule has 18 heavy (non-hydrogen) atoms. The van der Waals surface area contributed by atoms with Gasteiger partial charge in [0.2, 0.25) is 15.9 Å². The number of hydrogen-bond acceptors (Lipinski definition) is 4. The molecular weight excluding hydrogens is 272 g/mol. The van der Waals surface area contributed by atoms with E-state index in [1.165, 1.54) is 11.3 Å². The maximum Gasteiger partial charge on any atom is 0.250 e. The second kappa shape index (κ2) is 4.64. The highest BCUT2D eigenvalue weighted by Crippen LogP contribution is 2.23. The van der Waals surface area contributed by atoms with Gasteiger partial charge in [-0.25, -0.2) is 13.1 Å². The van der Waals surface area contributed by atoms with Crippen molar-refractivity contribution in [3.8, 4) is 0 Å². The summed E-state index contributed by atoms with van der Waals surface area (Å²) in [7, 11) is -3.47. The van der Waals surface area contributed by atoms with Crippen LogP contribution in [0.2, 0.25) is 0 Å². The summed E-state index contributed by atoms with van der Waals surface area (Å²) in [6.07, 6.45) is 1.11. The molecule has 1 aliphatic rings. The lowest BCUT2D eigenvalue weighted by atomic mass is 10.0. The van der Waals surface area contributed by atoms with Gasteiger partial charge in [-0.2, -0.15) is 0 Å². The molecule has 2 rings (SSSR count). The molecule has 2 heterocycles. The number of nitrogens with one attached hydrogen (secondary N) is 2. The summed E-state index contributed by atoms with van der Waals surface area (Å²) in [5, 5.41) is 4.55. The predicted molar refractivity (Wildman–Crippen MR) is 70.0 cm³/mol. The van der Waals surface area contributed by atoms with Crippen LogP contribution in [-0.2, 0) is 14.8 Å². The van der Waals surface area contributed by atoms with Gasteiger partial charge in [0.25, 0.3) is 0 Å². The Morgan fingerprint density at radius 2 is 2.28 bits per heavy atom. The second-order valence-electron chi connectivity index (χ2n) is 4.82. The summed E-state index contributed by atoms with van der Waals surface area (Å²) in [6, 6.07) is 1.78. The Bertz CT molecular complexity index is 565. The number of amides is 1. The second-order valence-corrected chi connectivity index (χ2v) is 7.70. The fourth-order valence-corrected chi connectivity index (χ4v) is 4.57. The van der Waals surface area contributed by atoms with E-state index in [2.05, 4.69) is 10.0 Å². The minimum atomic E-state index is -3.47. The van der Waals surface area contributed by atoms with Crippen LogP contribution in [0.25, 0.3) is 0 Å². The van der Waals surface area contributed by atoms with Crippen LogP contribution in [0, 0.1) is 6.92 Å². The number of aryl methyl sites for hydroxylation is 1. The molecule has 1 fully saturated rings. The van der Waals surface area contributed by atoms with Crippen LogP contribution in [0.15, 0.2) is 15.7 Å². The molecule has 100 valence electrons. The Kier molecular flexibility index (Phi) is 3.48. The van der Waals surface area contributed by atoms with Gasteiger partial charge in [-0.3, -0.25) is 4.79 Å². The number of rotatable bonds is 4. The fraction of sp³-hybridized carbons (Fsp3) is 0.545. The molecule has 0 spiro atoms. The number of hydrogen-bond donors (Lipinski definition) is 2. The Hall–Kier alpha value is -0.920. The third kappa shape index (κ3) is 2.73. The van der Waals surface area contributed by atoms with Crippen molar-refractivity contribution in [3.63, 3.8) is 0 Å². The third-order valence-electron chi connectivity index (χ3n) is 3.06. The first-order chi connectivity index (χ1) is 8.32. The van der Waals surface area contributed by atoms with Crippen molar-refractivity contribution in [2.75, 3.05) is 6.54 Å². The standard InChI is InChI=1S/C11H16N2O3S2/c1-8-4-6-17-10(8)18(15,16)12-7-11(2)5-3-9(14)13-11/h4,6,12H,3,5,7H2,1-2H3,(H,13,14). The van der Waals surface area contributed by atoms with Crippen LogP contribution >= 0.6 is 11.3 Å². The van der Waals surface area contributed by atoms with Crippen LogP contribution in [-0.4, -0.2) is 26.4 Å². The zero-order chi connectivity index (χ0) is 13.4. The molecule has 0 radical (unpaired) electrons. The van der Waals surface area contributed by atoms with E-state index in [0.717, 1.165) is 5.56 Å². The van der Waals surface area contributed by atoms with Crippen LogP contribution < -0.4 is 10.0 Å². The van der Waals surface area contributed by atoms with Gasteiger partial charge in [0, 0.05) is 13.0 Å². The summed E-state index contributed by atoms with van der Waals surface area (Å²) >= 11 is 1.20. The average molecular weight is 288 g/mol. The van der Waals surface area contributed by atoms with Crippen molar-refractivity contribution < 1.29 is 13.2 Å². The number of carbonyl (C=O) groups excluding carboxylic acids is 1. The lowest BCUT2D eigenvalue weighted by molar-refractivity contribution is -0.119. The quantitative estimate of drug-likeness (QED) is 0.868. The van der Waals surface area contributed by atoms with Gasteiger partial charge in [0.15, 0.2) is 0 Å². The van der Waals surface area contributed by atoms with Gasteiger partial charge < -0.3 is 5.32 Å². The molecular formula is C11H16N2O3S2. The highest BCUT2D eigenvalue weighted by Gasteiger charge is 2.34. The van der Waals surface area contributed by atoms with Crippen LogP contribution in [0.3, 0.4) is 0 Å². The third-order valence-corrected chi connectivity index (χ3v) is 6.15.